The van der Waals surface area contributed by atoms with E-state index in [-0.39, 0.29) is 51.0 Å². The van der Waals surface area contributed by atoms with Gasteiger partial charge in [0.25, 0.3) is 0 Å². The van der Waals surface area contributed by atoms with Crippen LogP contribution < -0.4 is 24.8 Å². The molecular formula is C21H25Cl2SiZr. The summed E-state index contributed by atoms with van der Waals surface area (Å²) < 4.78 is 0. The zero-order chi connectivity index (χ0) is 16.2. The molecule has 0 nitrogen and oxygen atoms in total. The molecule has 131 valence electrons. The largest absolute Gasteiger partial charge is 4.00 e. The Morgan fingerprint density at radius 1 is 0.920 bits per heavy atom. The summed E-state index contributed by atoms with van der Waals surface area (Å²) in [5.41, 5.74) is 5.51. The average molecular weight is 468 g/mol. The molecule has 0 spiro atoms. The van der Waals surface area contributed by atoms with Crippen molar-refractivity contribution in [2.75, 3.05) is 0 Å². The molecule has 0 atom stereocenters. The monoisotopic (exact) mass is 465 g/mol. The van der Waals surface area contributed by atoms with Crippen LogP contribution in [0.2, 0.25) is 6.55 Å². The summed E-state index contributed by atoms with van der Waals surface area (Å²) >= 11 is 0. The Morgan fingerprint density at radius 2 is 1.56 bits per heavy atom. The summed E-state index contributed by atoms with van der Waals surface area (Å²) in [5.74, 6) is 0. The van der Waals surface area contributed by atoms with Crippen molar-refractivity contribution in [3.8, 4) is 11.1 Å². The number of fused-ring (bicyclic) bond motifs is 3. The summed E-state index contributed by atoms with van der Waals surface area (Å²) in [5, 5.41) is 0. The second kappa shape index (κ2) is 18.4. The molecule has 2 aromatic rings. The Kier molecular flexibility index (Phi) is 21.6. The van der Waals surface area contributed by atoms with E-state index in [2.05, 4.69) is 54.6 Å². The SMILES string of the molecule is CC.C[SiH2].[C-]1=CC=CC1.[Cl-].[Cl-].[Zr+4].[c-]1cccc2c1Cc1ccccc1-2. The predicted octanol–water partition coefficient (Wildman–Crippen LogP) is -0.937. The van der Waals surface area contributed by atoms with E-state index in [0.717, 1.165) is 12.8 Å². The van der Waals surface area contributed by atoms with E-state index in [0.29, 0.717) is 0 Å². The molecule has 0 bridgehead atoms. The van der Waals surface area contributed by atoms with Gasteiger partial charge in [-0.15, -0.1) is 12.0 Å². The van der Waals surface area contributed by atoms with Crippen molar-refractivity contribution in [2.24, 2.45) is 0 Å². The minimum atomic E-state index is 0. The first-order valence-corrected chi connectivity index (χ1v) is 9.37. The van der Waals surface area contributed by atoms with Crippen molar-refractivity contribution >= 4 is 10.2 Å². The van der Waals surface area contributed by atoms with Crippen LogP contribution in [-0.4, -0.2) is 10.2 Å². The van der Waals surface area contributed by atoms with E-state index in [9.17, 15) is 0 Å². The third-order valence-corrected chi connectivity index (χ3v) is 3.20. The predicted molar refractivity (Wildman–Crippen MR) is 101 cm³/mol. The van der Waals surface area contributed by atoms with Crippen LogP contribution in [0.3, 0.4) is 0 Å². The number of halogens is 2. The van der Waals surface area contributed by atoms with Crippen LogP contribution in [0, 0.1) is 12.1 Å². The molecule has 0 saturated carbocycles. The number of hydrogen-bond donors (Lipinski definition) is 0. The molecule has 2 aliphatic carbocycles. The minimum absolute atomic E-state index is 0. The zero-order valence-electron chi connectivity index (χ0n) is 15.2. The molecule has 0 N–H and O–H groups in total. The average Bonchev–Trinajstić information content (AvgIpc) is 3.30. The van der Waals surface area contributed by atoms with E-state index in [1.807, 2.05) is 48.9 Å². The van der Waals surface area contributed by atoms with Gasteiger partial charge in [0, 0.05) is 10.2 Å². The van der Waals surface area contributed by atoms with E-state index < -0.39 is 0 Å². The molecule has 0 aromatic heterocycles. The maximum Gasteiger partial charge on any atom is 4.00 e. The van der Waals surface area contributed by atoms with Crippen LogP contribution in [0.4, 0.5) is 0 Å². The van der Waals surface area contributed by atoms with Gasteiger partial charge < -0.3 is 24.8 Å². The molecule has 0 saturated heterocycles. The quantitative estimate of drug-likeness (QED) is 0.296. The Morgan fingerprint density at radius 3 is 2.12 bits per heavy atom. The van der Waals surface area contributed by atoms with Gasteiger partial charge in [0.1, 0.15) is 0 Å². The Balaban J connectivity index is -0.000000349. The third-order valence-electron chi connectivity index (χ3n) is 3.20. The molecule has 0 aliphatic heterocycles. The van der Waals surface area contributed by atoms with Crippen LogP contribution in [-0.2, 0) is 32.6 Å². The molecule has 0 amide bonds. The van der Waals surface area contributed by atoms with Gasteiger partial charge in [0.2, 0.25) is 0 Å². The Hall–Kier alpha value is -0.400. The number of benzene rings is 2. The molecule has 0 fully saturated rings. The fraction of sp³-hybridized carbons (Fsp3) is 0.238. The normalized spacial score (nSPS) is 10.4. The van der Waals surface area contributed by atoms with Gasteiger partial charge in [-0.25, -0.2) is 12.2 Å². The summed E-state index contributed by atoms with van der Waals surface area (Å²) in [6.45, 7) is 6.03. The molecular weight excluding hydrogens is 442 g/mol. The summed E-state index contributed by atoms with van der Waals surface area (Å²) in [7, 11) is 1.86. The van der Waals surface area contributed by atoms with Gasteiger partial charge in [-0.05, 0) is 6.42 Å². The van der Waals surface area contributed by atoms with E-state index in [4.69, 9.17) is 0 Å². The van der Waals surface area contributed by atoms with Gasteiger partial charge in [-0.1, -0.05) is 55.8 Å². The Bertz CT molecular complexity index is 571. The first-order chi connectivity index (χ1) is 10.9. The van der Waals surface area contributed by atoms with E-state index >= 15 is 0 Å². The van der Waals surface area contributed by atoms with Crippen molar-refractivity contribution in [3.63, 3.8) is 0 Å². The minimum Gasteiger partial charge on any atom is -1.00 e. The van der Waals surface area contributed by atoms with Crippen LogP contribution in [0.5, 0.6) is 0 Å². The van der Waals surface area contributed by atoms with Crippen LogP contribution in [0.15, 0.2) is 60.7 Å². The second-order valence-corrected chi connectivity index (χ2v) is 4.40. The second-order valence-electron chi connectivity index (χ2n) is 4.40. The van der Waals surface area contributed by atoms with Crippen LogP contribution >= 0.6 is 0 Å². The molecule has 2 aromatic carbocycles. The van der Waals surface area contributed by atoms with Gasteiger partial charge in [0.15, 0.2) is 0 Å². The van der Waals surface area contributed by atoms with Crippen LogP contribution in [0.25, 0.3) is 11.1 Å². The van der Waals surface area contributed by atoms with E-state index in [1.54, 1.807) is 0 Å². The summed E-state index contributed by atoms with van der Waals surface area (Å²) in [4.78, 5) is 0. The van der Waals surface area contributed by atoms with Crippen molar-refractivity contribution in [3.05, 3.63) is 84.0 Å². The topological polar surface area (TPSA) is 0 Å². The first kappa shape index (κ1) is 29.4. The zero-order valence-corrected chi connectivity index (χ0v) is 20.5. The fourth-order valence-electron chi connectivity index (χ4n) is 2.34. The molecule has 1 radical (unpaired) electrons. The number of rotatable bonds is 0. The molecule has 2 aliphatic rings. The van der Waals surface area contributed by atoms with Crippen molar-refractivity contribution in [2.45, 2.75) is 33.2 Å². The summed E-state index contributed by atoms with van der Waals surface area (Å²) in [6.07, 6.45) is 11.0. The third kappa shape index (κ3) is 9.20. The van der Waals surface area contributed by atoms with Gasteiger partial charge in [-0.3, -0.25) is 6.08 Å². The maximum absolute atomic E-state index is 3.30. The van der Waals surface area contributed by atoms with Crippen molar-refractivity contribution in [1.82, 2.24) is 0 Å². The van der Waals surface area contributed by atoms with Gasteiger partial charge in [0.05, 0.1) is 0 Å². The van der Waals surface area contributed by atoms with E-state index in [1.165, 1.54) is 22.3 Å². The standard InChI is InChI=1S/C13H9.C5H5.C2H6.CH5Si.2ClH.Zr/c1-3-7-12-10(5-1)9-11-6-2-4-8-13(11)12;1-2-4-5-3-1;2*1-2;;;/h1-5,7-8H,9H2;1-3H,4H2;1-2H3;2H2,1H3;2*1H;/q2*-1;;;;;+4/p-2. The smallest absolute Gasteiger partial charge is 1.00 e. The molecule has 25 heavy (non-hydrogen) atoms. The number of allylic oxidation sites excluding steroid dienone is 4. The Labute approximate surface area is 188 Å². The van der Waals surface area contributed by atoms with Crippen molar-refractivity contribution in [1.29, 1.82) is 0 Å². The summed E-state index contributed by atoms with van der Waals surface area (Å²) in [6, 6.07) is 18.1. The van der Waals surface area contributed by atoms with Gasteiger partial charge >= 0.3 is 26.2 Å². The van der Waals surface area contributed by atoms with Crippen molar-refractivity contribution < 1.29 is 51.0 Å². The van der Waals surface area contributed by atoms with Gasteiger partial charge in [-0.2, -0.15) is 35.9 Å². The van der Waals surface area contributed by atoms with Crippen LogP contribution in [0.1, 0.15) is 31.4 Å². The molecule has 4 heteroatoms. The maximum atomic E-state index is 3.30. The number of hydrogen-bond acceptors (Lipinski definition) is 0. The molecule has 0 unspecified atom stereocenters. The first-order valence-electron chi connectivity index (χ1n) is 7.95. The fourth-order valence-corrected chi connectivity index (χ4v) is 2.34. The molecule has 0 heterocycles. The molecule has 4 rings (SSSR count).